The average molecular weight is 253 g/mol. The SMILES string of the molecule is CC(C)CC(CCl)c1ccc(C(C)(C)C)cc1. The molecule has 0 aliphatic rings. The van der Waals surface area contributed by atoms with Gasteiger partial charge in [-0.05, 0) is 34.8 Å². The minimum atomic E-state index is 0.229. The molecule has 0 aliphatic carbocycles. The van der Waals surface area contributed by atoms with Gasteiger partial charge in [0.1, 0.15) is 0 Å². The summed E-state index contributed by atoms with van der Waals surface area (Å²) in [5.74, 6) is 1.90. The maximum absolute atomic E-state index is 6.08. The third-order valence-electron chi connectivity index (χ3n) is 3.19. The van der Waals surface area contributed by atoms with Gasteiger partial charge in [0.25, 0.3) is 0 Å². The van der Waals surface area contributed by atoms with Gasteiger partial charge in [0.15, 0.2) is 0 Å². The first-order valence-electron chi connectivity index (χ1n) is 6.51. The monoisotopic (exact) mass is 252 g/mol. The van der Waals surface area contributed by atoms with Crippen LogP contribution in [-0.4, -0.2) is 5.88 Å². The molecule has 0 heterocycles. The van der Waals surface area contributed by atoms with E-state index in [0.717, 1.165) is 0 Å². The average Bonchev–Trinajstić information content (AvgIpc) is 2.24. The van der Waals surface area contributed by atoms with Crippen molar-refractivity contribution < 1.29 is 0 Å². The molecule has 0 amide bonds. The maximum Gasteiger partial charge on any atom is 0.0292 e. The van der Waals surface area contributed by atoms with Crippen molar-refractivity contribution in [2.45, 2.75) is 52.4 Å². The third-order valence-corrected chi connectivity index (χ3v) is 3.56. The van der Waals surface area contributed by atoms with E-state index in [4.69, 9.17) is 11.6 Å². The van der Waals surface area contributed by atoms with Gasteiger partial charge in [-0.2, -0.15) is 0 Å². The van der Waals surface area contributed by atoms with Crippen LogP contribution in [0.5, 0.6) is 0 Å². The maximum atomic E-state index is 6.08. The molecule has 17 heavy (non-hydrogen) atoms. The molecule has 1 rings (SSSR count). The van der Waals surface area contributed by atoms with Gasteiger partial charge in [-0.1, -0.05) is 58.9 Å². The zero-order valence-electron chi connectivity index (χ0n) is 11.8. The summed E-state index contributed by atoms with van der Waals surface area (Å²) < 4.78 is 0. The zero-order chi connectivity index (χ0) is 13.1. The van der Waals surface area contributed by atoms with E-state index in [9.17, 15) is 0 Å². The van der Waals surface area contributed by atoms with Gasteiger partial charge >= 0.3 is 0 Å². The van der Waals surface area contributed by atoms with E-state index in [1.54, 1.807) is 0 Å². The van der Waals surface area contributed by atoms with Gasteiger partial charge in [-0.25, -0.2) is 0 Å². The molecule has 0 fully saturated rings. The second kappa shape index (κ2) is 5.91. The van der Waals surface area contributed by atoms with E-state index in [0.29, 0.717) is 17.7 Å². The van der Waals surface area contributed by atoms with Gasteiger partial charge in [-0.15, -0.1) is 11.6 Å². The molecule has 0 N–H and O–H groups in total. The van der Waals surface area contributed by atoms with Crippen LogP contribution in [0, 0.1) is 5.92 Å². The van der Waals surface area contributed by atoms with Crippen molar-refractivity contribution in [3.8, 4) is 0 Å². The molecule has 0 aliphatic heterocycles. The van der Waals surface area contributed by atoms with E-state index in [1.165, 1.54) is 17.5 Å². The number of benzene rings is 1. The zero-order valence-corrected chi connectivity index (χ0v) is 12.5. The van der Waals surface area contributed by atoms with Crippen LogP contribution in [0.15, 0.2) is 24.3 Å². The van der Waals surface area contributed by atoms with Crippen molar-refractivity contribution in [3.05, 3.63) is 35.4 Å². The fraction of sp³-hybridized carbons (Fsp3) is 0.625. The molecule has 0 radical (unpaired) electrons. The third kappa shape index (κ3) is 4.35. The van der Waals surface area contributed by atoms with E-state index < -0.39 is 0 Å². The molecule has 1 atom stereocenters. The Hall–Kier alpha value is -0.490. The molecule has 0 aromatic heterocycles. The molecule has 1 aromatic carbocycles. The first-order chi connectivity index (χ1) is 7.84. The molecule has 0 saturated heterocycles. The largest absolute Gasteiger partial charge is 0.126 e. The van der Waals surface area contributed by atoms with Gasteiger partial charge in [0.05, 0.1) is 0 Å². The summed E-state index contributed by atoms with van der Waals surface area (Å²) in [5, 5.41) is 0. The van der Waals surface area contributed by atoms with E-state index in [-0.39, 0.29) is 5.41 Å². The summed E-state index contributed by atoms with van der Waals surface area (Å²) in [7, 11) is 0. The molecule has 0 nitrogen and oxygen atoms in total. The van der Waals surface area contributed by atoms with Crippen LogP contribution in [0.4, 0.5) is 0 Å². The molecule has 0 saturated carbocycles. The van der Waals surface area contributed by atoms with Crippen molar-refractivity contribution in [1.29, 1.82) is 0 Å². The summed E-state index contributed by atoms with van der Waals surface area (Å²) in [6, 6.07) is 8.98. The second-order valence-corrected chi connectivity index (χ2v) is 6.66. The normalized spacial score (nSPS) is 14.1. The number of hydrogen-bond acceptors (Lipinski definition) is 0. The molecular weight excluding hydrogens is 228 g/mol. The molecule has 1 aromatic rings. The summed E-state index contributed by atoms with van der Waals surface area (Å²) >= 11 is 6.08. The Kier molecular flexibility index (Phi) is 5.06. The molecule has 1 heteroatoms. The van der Waals surface area contributed by atoms with Crippen LogP contribution in [0.1, 0.15) is 58.1 Å². The standard InChI is InChI=1S/C16H25Cl/c1-12(2)10-14(11-17)13-6-8-15(9-7-13)16(3,4)5/h6-9,12,14H,10-11H2,1-5H3. The van der Waals surface area contributed by atoms with Crippen LogP contribution in [-0.2, 0) is 5.41 Å². The lowest BCUT2D eigenvalue weighted by molar-refractivity contribution is 0.526. The highest BCUT2D eigenvalue weighted by Gasteiger charge is 2.16. The van der Waals surface area contributed by atoms with Crippen LogP contribution in [0.25, 0.3) is 0 Å². The minimum absolute atomic E-state index is 0.229. The summed E-state index contributed by atoms with van der Waals surface area (Å²) in [4.78, 5) is 0. The Morgan fingerprint density at radius 1 is 1.06 bits per heavy atom. The Labute approximate surface area is 111 Å². The van der Waals surface area contributed by atoms with Crippen molar-refractivity contribution in [3.63, 3.8) is 0 Å². The van der Waals surface area contributed by atoms with Crippen LogP contribution >= 0.6 is 11.6 Å². The minimum Gasteiger partial charge on any atom is -0.126 e. The smallest absolute Gasteiger partial charge is 0.0292 e. The first-order valence-corrected chi connectivity index (χ1v) is 7.04. The molecular formula is C16H25Cl. The summed E-state index contributed by atoms with van der Waals surface area (Å²) in [6.07, 6.45) is 1.17. The highest BCUT2D eigenvalue weighted by Crippen LogP contribution is 2.28. The molecule has 96 valence electrons. The highest BCUT2D eigenvalue weighted by atomic mass is 35.5. The van der Waals surface area contributed by atoms with Gasteiger partial charge in [0.2, 0.25) is 0 Å². The van der Waals surface area contributed by atoms with Crippen molar-refractivity contribution in [2.75, 3.05) is 5.88 Å². The lowest BCUT2D eigenvalue weighted by Crippen LogP contribution is -2.11. The van der Waals surface area contributed by atoms with E-state index in [2.05, 4.69) is 58.9 Å². The molecule has 0 bridgehead atoms. The number of hydrogen-bond donors (Lipinski definition) is 0. The lowest BCUT2D eigenvalue weighted by Gasteiger charge is -2.21. The fourth-order valence-corrected chi connectivity index (χ4v) is 2.42. The Bertz CT molecular complexity index is 330. The Morgan fingerprint density at radius 3 is 1.94 bits per heavy atom. The number of rotatable bonds is 4. The quantitative estimate of drug-likeness (QED) is 0.634. The highest BCUT2D eigenvalue weighted by molar-refractivity contribution is 6.18. The van der Waals surface area contributed by atoms with Crippen molar-refractivity contribution in [1.82, 2.24) is 0 Å². The van der Waals surface area contributed by atoms with Crippen LogP contribution in [0.3, 0.4) is 0 Å². The van der Waals surface area contributed by atoms with Gasteiger partial charge in [-0.3, -0.25) is 0 Å². The summed E-state index contributed by atoms with van der Waals surface area (Å²) in [5.41, 5.74) is 2.99. The topological polar surface area (TPSA) is 0 Å². The summed E-state index contributed by atoms with van der Waals surface area (Å²) in [6.45, 7) is 11.2. The number of alkyl halides is 1. The van der Waals surface area contributed by atoms with E-state index >= 15 is 0 Å². The molecule has 0 spiro atoms. The predicted molar refractivity (Wildman–Crippen MR) is 78.1 cm³/mol. The number of halogens is 1. The van der Waals surface area contributed by atoms with Crippen LogP contribution in [0.2, 0.25) is 0 Å². The van der Waals surface area contributed by atoms with Crippen molar-refractivity contribution >= 4 is 11.6 Å². The van der Waals surface area contributed by atoms with E-state index in [1.807, 2.05) is 0 Å². The predicted octanol–water partition coefficient (Wildman–Crippen LogP) is 5.35. The van der Waals surface area contributed by atoms with Crippen molar-refractivity contribution in [2.24, 2.45) is 5.92 Å². The van der Waals surface area contributed by atoms with Gasteiger partial charge in [0, 0.05) is 5.88 Å². The van der Waals surface area contributed by atoms with Crippen LogP contribution < -0.4 is 0 Å². The lowest BCUT2D eigenvalue weighted by atomic mass is 9.84. The van der Waals surface area contributed by atoms with Gasteiger partial charge < -0.3 is 0 Å². The molecule has 1 unspecified atom stereocenters. The fourth-order valence-electron chi connectivity index (χ4n) is 2.11. The second-order valence-electron chi connectivity index (χ2n) is 6.35. The first kappa shape index (κ1) is 14.6. The Balaban J connectivity index is 2.85. The Morgan fingerprint density at radius 2 is 1.59 bits per heavy atom.